The molecule has 0 saturated heterocycles. The van der Waals surface area contributed by atoms with Crippen LogP contribution in [0.25, 0.3) is 0 Å². The van der Waals surface area contributed by atoms with Crippen LogP contribution in [0, 0.1) is 18.3 Å². The van der Waals surface area contributed by atoms with Crippen LogP contribution >= 0.6 is 0 Å². The van der Waals surface area contributed by atoms with Gasteiger partial charge in [-0.15, -0.1) is 0 Å². The van der Waals surface area contributed by atoms with Gasteiger partial charge in [-0.25, -0.2) is 0 Å². The highest BCUT2D eigenvalue weighted by atomic mass is 16.3. The van der Waals surface area contributed by atoms with Gasteiger partial charge in [0.25, 0.3) is 0 Å². The molecule has 0 spiro atoms. The molecule has 1 fully saturated rings. The Bertz CT molecular complexity index is 135. The lowest BCUT2D eigenvalue weighted by molar-refractivity contribution is -0.0215. The summed E-state index contributed by atoms with van der Waals surface area (Å²) in [4.78, 5) is 0. The number of hydrogen-bond donors (Lipinski definition) is 4. The highest BCUT2D eigenvalue weighted by Crippen LogP contribution is 2.35. The Morgan fingerprint density at radius 1 is 1.00 bits per heavy atom. The molecular weight excluding hydrogens is 172 g/mol. The van der Waals surface area contributed by atoms with Gasteiger partial charge in [-0.05, 0) is 31.1 Å². The fourth-order valence-corrected chi connectivity index (χ4v) is 1.99. The number of aliphatic hydroxyl groups is 4. The van der Waals surface area contributed by atoms with E-state index in [1.165, 1.54) is 0 Å². The molecule has 4 heteroatoms. The van der Waals surface area contributed by atoms with Gasteiger partial charge in [-0.3, -0.25) is 0 Å². The molecule has 4 atom stereocenters. The fraction of sp³-hybridized carbons (Fsp3) is 0.889. The van der Waals surface area contributed by atoms with E-state index in [4.69, 9.17) is 10.2 Å². The van der Waals surface area contributed by atoms with Gasteiger partial charge >= 0.3 is 0 Å². The molecular formula is C9H17O4. The topological polar surface area (TPSA) is 80.9 Å². The van der Waals surface area contributed by atoms with E-state index in [-0.39, 0.29) is 25.0 Å². The Kier molecular flexibility index (Phi) is 4.12. The van der Waals surface area contributed by atoms with Crippen molar-refractivity contribution in [3.8, 4) is 0 Å². The summed E-state index contributed by atoms with van der Waals surface area (Å²) in [6.07, 6.45) is 1.80. The minimum atomic E-state index is -0.787. The second kappa shape index (κ2) is 4.91. The molecule has 13 heavy (non-hydrogen) atoms. The van der Waals surface area contributed by atoms with E-state index in [0.717, 1.165) is 0 Å². The summed E-state index contributed by atoms with van der Waals surface area (Å²) in [5.74, 6) is -0.237. The van der Waals surface area contributed by atoms with Gasteiger partial charge in [0.15, 0.2) is 0 Å². The number of hydrogen-bond acceptors (Lipinski definition) is 4. The fourth-order valence-electron chi connectivity index (χ4n) is 1.99. The van der Waals surface area contributed by atoms with Crippen molar-refractivity contribution in [2.24, 2.45) is 11.8 Å². The van der Waals surface area contributed by atoms with Crippen molar-refractivity contribution in [2.75, 3.05) is 13.2 Å². The van der Waals surface area contributed by atoms with Crippen molar-refractivity contribution in [1.29, 1.82) is 0 Å². The second-order valence-corrected chi connectivity index (χ2v) is 3.59. The largest absolute Gasteiger partial charge is 0.394 e. The Balaban J connectivity index is 2.52. The SMILES string of the molecule is OCC(O)C1C[CH]CC1C(O)CO. The average molecular weight is 189 g/mol. The smallest absolute Gasteiger partial charge is 0.0802 e. The molecule has 0 aromatic heterocycles. The molecule has 0 aromatic rings. The maximum absolute atomic E-state index is 9.41. The molecule has 1 aliphatic carbocycles. The van der Waals surface area contributed by atoms with Gasteiger partial charge in [0.2, 0.25) is 0 Å². The normalized spacial score (nSPS) is 33.2. The van der Waals surface area contributed by atoms with E-state index in [1.807, 2.05) is 6.42 Å². The highest BCUT2D eigenvalue weighted by Gasteiger charge is 2.36. The van der Waals surface area contributed by atoms with E-state index < -0.39 is 12.2 Å². The number of rotatable bonds is 4. The van der Waals surface area contributed by atoms with Crippen LogP contribution in [0.2, 0.25) is 0 Å². The Hall–Kier alpha value is -0.160. The van der Waals surface area contributed by atoms with Crippen LogP contribution in [-0.4, -0.2) is 45.8 Å². The average Bonchev–Trinajstić information content (AvgIpc) is 2.63. The van der Waals surface area contributed by atoms with Crippen molar-refractivity contribution in [1.82, 2.24) is 0 Å². The molecule has 4 unspecified atom stereocenters. The first-order chi connectivity index (χ1) is 6.20. The summed E-state index contributed by atoms with van der Waals surface area (Å²) in [7, 11) is 0. The third kappa shape index (κ3) is 2.40. The van der Waals surface area contributed by atoms with Crippen molar-refractivity contribution < 1.29 is 20.4 Å². The molecule has 1 saturated carbocycles. The molecule has 0 bridgehead atoms. The van der Waals surface area contributed by atoms with Crippen LogP contribution in [0.5, 0.6) is 0 Å². The van der Waals surface area contributed by atoms with Crippen molar-refractivity contribution in [3.63, 3.8) is 0 Å². The molecule has 4 N–H and O–H groups in total. The van der Waals surface area contributed by atoms with Crippen molar-refractivity contribution >= 4 is 0 Å². The summed E-state index contributed by atoms with van der Waals surface area (Å²) < 4.78 is 0. The predicted octanol–water partition coefficient (Wildman–Crippen LogP) is -1.08. The van der Waals surface area contributed by atoms with Gasteiger partial charge in [-0.1, -0.05) is 0 Å². The lowest BCUT2D eigenvalue weighted by Crippen LogP contribution is -2.35. The summed E-state index contributed by atoms with van der Waals surface area (Å²) in [6, 6.07) is 0. The third-order valence-electron chi connectivity index (χ3n) is 2.79. The van der Waals surface area contributed by atoms with E-state index >= 15 is 0 Å². The van der Waals surface area contributed by atoms with Gasteiger partial charge in [0.05, 0.1) is 25.4 Å². The maximum Gasteiger partial charge on any atom is 0.0802 e. The zero-order chi connectivity index (χ0) is 9.84. The molecule has 1 aliphatic rings. The quantitative estimate of drug-likeness (QED) is 0.453. The Morgan fingerprint density at radius 3 is 1.69 bits per heavy atom. The van der Waals surface area contributed by atoms with Crippen molar-refractivity contribution in [2.45, 2.75) is 25.0 Å². The molecule has 0 aromatic carbocycles. The van der Waals surface area contributed by atoms with Gasteiger partial charge < -0.3 is 20.4 Å². The summed E-state index contributed by atoms with van der Waals surface area (Å²) in [5, 5.41) is 36.3. The van der Waals surface area contributed by atoms with Crippen LogP contribution in [-0.2, 0) is 0 Å². The minimum Gasteiger partial charge on any atom is -0.394 e. The Morgan fingerprint density at radius 2 is 1.38 bits per heavy atom. The molecule has 0 heterocycles. The highest BCUT2D eigenvalue weighted by molar-refractivity contribution is 4.94. The van der Waals surface area contributed by atoms with Crippen LogP contribution in [0.15, 0.2) is 0 Å². The van der Waals surface area contributed by atoms with E-state index in [2.05, 4.69) is 0 Å². The van der Waals surface area contributed by atoms with Crippen molar-refractivity contribution in [3.05, 3.63) is 6.42 Å². The first-order valence-corrected chi connectivity index (χ1v) is 4.60. The molecule has 77 valence electrons. The van der Waals surface area contributed by atoms with E-state index in [0.29, 0.717) is 12.8 Å². The lowest BCUT2D eigenvalue weighted by atomic mass is 9.87. The van der Waals surface area contributed by atoms with Crippen LogP contribution in [0.3, 0.4) is 0 Å². The lowest BCUT2D eigenvalue weighted by Gasteiger charge is -2.26. The molecule has 1 rings (SSSR count). The first kappa shape index (κ1) is 10.9. The van der Waals surface area contributed by atoms with Crippen LogP contribution < -0.4 is 0 Å². The maximum atomic E-state index is 9.41. The first-order valence-electron chi connectivity index (χ1n) is 4.60. The third-order valence-corrected chi connectivity index (χ3v) is 2.79. The summed E-state index contributed by atoms with van der Waals surface area (Å²) in [6.45, 7) is -0.569. The van der Waals surface area contributed by atoms with E-state index in [1.54, 1.807) is 0 Å². The summed E-state index contributed by atoms with van der Waals surface area (Å²) in [5.41, 5.74) is 0. The molecule has 0 aliphatic heterocycles. The molecule has 1 radical (unpaired) electrons. The summed E-state index contributed by atoms with van der Waals surface area (Å²) >= 11 is 0. The molecule has 4 nitrogen and oxygen atoms in total. The van der Waals surface area contributed by atoms with Gasteiger partial charge in [-0.2, -0.15) is 0 Å². The van der Waals surface area contributed by atoms with Crippen LogP contribution in [0.4, 0.5) is 0 Å². The standard InChI is InChI=1S/C9H17O4/c10-4-8(12)6-2-1-3-7(6)9(13)5-11/h1,6-13H,2-5H2. The number of aliphatic hydroxyl groups excluding tert-OH is 4. The molecule has 0 amide bonds. The van der Waals surface area contributed by atoms with Gasteiger partial charge in [0.1, 0.15) is 0 Å². The zero-order valence-corrected chi connectivity index (χ0v) is 7.50. The minimum absolute atomic E-state index is 0.118. The zero-order valence-electron chi connectivity index (χ0n) is 7.50. The predicted molar refractivity (Wildman–Crippen MR) is 46.7 cm³/mol. The Labute approximate surface area is 77.8 Å². The van der Waals surface area contributed by atoms with E-state index in [9.17, 15) is 10.2 Å². The second-order valence-electron chi connectivity index (χ2n) is 3.59. The van der Waals surface area contributed by atoms with Crippen LogP contribution in [0.1, 0.15) is 12.8 Å². The monoisotopic (exact) mass is 189 g/mol. The van der Waals surface area contributed by atoms with Gasteiger partial charge in [0, 0.05) is 0 Å².